The molecule has 0 bridgehead atoms. The molecule has 1 aromatic heterocycles. The minimum Gasteiger partial charge on any atom is -0.462 e. The number of benzene rings is 1. The van der Waals surface area contributed by atoms with Gasteiger partial charge in [-0.25, -0.2) is 4.79 Å². The quantitative estimate of drug-likeness (QED) is 0.473. The smallest absolute Gasteiger partial charge is 0.336 e. The molecule has 1 aromatic carbocycles. The molecule has 1 heterocycles. The van der Waals surface area contributed by atoms with Crippen LogP contribution >= 0.6 is 0 Å². The summed E-state index contributed by atoms with van der Waals surface area (Å²) >= 11 is 0. The number of hydrogen-bond donors (Lipinski definition) is 2. The van der Waals surface area contributed by atoms with Crippen molar-refractivity contribution in [1.29, 1.82) is 0 Å². The van der Waals surface area contributed by atoms with Gasteiger partial charge in [-0.1, -0.05) is 6.07 Å². The van der Waals surface area contributed by atoms with Crippen molar-refractivity contribution in [3.8, 4) is 5.75 Å². The van der Waals surface area contributed by atoms with Crippen molar-refractivity contribution in [3.63, 3.8) is 0 Å². The molecule has 2 aromatic rings. The molecule has 124 valence electrons. The maximum Gasteiger partial charge on any atom is 0.336 e. The summed E-state index contributed by atoms with van der Waals surface area (Å²) in [6.07, 6.45) is 2.71. The molecule has 0 atom stereocenters. The maximum absolute atomic E-state index is 11.8. The monoisotopic (exact) mass is 328 g/mol. The molecular formula is C17H16N2O5. The van der Waals surface area contributed by atoms with Gasteiger partial charge in [-0.3, -0.25) is 9.59 Å². The zero-order valence-corrected chi connectivity index (χ0v) is 12.9. The Morgan fingerprint density at radius 1 is 1.25 bits per heavy atom. The molecule has 0 aliphatic carbocycles. The molecule has 2 amide bonds. The number of carbonyl (C=O) groups is 3. The van der Waals surface area contributed by atoms with E-state index in [1.807, 2.05) is 0 Å². The zero-order chi connectivity index (χ0) is 17.5. The summed E-state index contributed by atoms with van der Waals surface area (Å²) in [5, 5.41) is 2.35. The number of nitrogens with two attached hydrogens (primary N) is 1. The van der Waals surface area contributed by atoms with Gasteiger partial charge in [0.2, 0.25) is 5.91 Å². The largest absolute Gasteiger partial charge is 0.462 e. The van der Waals surface area contributed by atoms with E-state index in [4.69, 9.17) is 14.9 Å². The molecule has 3 N–H and O–H groups in total. The van der Waals surface area contributed by atoms with Crippen LogP contribution in [0.1, 0.15) is 21.9 Å². The van der Waals surface area contributed by atoms with Gasteiger partial charge in [-0.05, 0) is 43.3 Å². The minimum atomic E-state index is -0.649. The second-order valence-corrected chi connectivity index (χ2v) is 4.88. The van der Waals surface area contributed by atoms with E-state index < -0.39 is 17.8 Å². The summed E-state index contributed by atoms with van der Waals surface area (Å²) in [6, 6.07) is 9.51. The Hall–Kier alpha value is -3.35. The summed E-state index contributed by atoms with van der Waals surface area (Å²) in [6.45, 7) is 1.53. The molecule has 0 aliphatic heterocycles. The van der Waals surface area contributed by atoms with Crippen LogP contribution < -0.4 is 15.8 Å². The number of carbonyl (C=O) groups excluding carboxylic acids is 3. The number of aryl methyl sites for hydroxylation is 1. The van der Waals surface area contributed by atoms with Crippen molar-refractivity contribution < 1.29 is 23.5 Å². The van der Waals surface area contributed by atoms with Crippen LogP contribution in [-0.2, 0) is 9.59 Å². The molecular weight excluding hydrogens is 312 g/mol. The number of primary amides is 1. The number of amides is 2. The number of hydrogen-bond acceptors (Lipinski definition) is 5. The highest BCUT2D eigenvalue weighted by molar-refractivity contribution is 5.97. The van der Waals surface area contributed by atoms with E-state index in [-0.39, 0.29) is 17.9 Å². The third kappa shape index (κ3) is 5.13. The molecule has 0 spiro atoms. The summed E-state index contributed by atoms with van der Waals surface area (Å²) in [4.78, 5) is 34.3. The summed E-state index contributed by atoms with van der Waals surface area (Å²) in [5.74, 6) is -0.287. The summed E-state index contributed by atoms with van der Waals surface area (Å²) in [5.41, 5.74) is 5.20. The first-order valence-corrected chi connectivity index (χ1v) is 7.07. The van der Waals surface area contributed by atoms with Gasteiger partial charge in [0.25, 0.3) is 5.91 Å². The van der Waals surface area contributed by atoms with E-state index >= 15 is 0 Å². The van der Waals surface area contributed by atoms with Gasteiger partial charge in [0.15, 0.2) is 0 Å². The molecule has 2 rings (SSSR count). The van der Waals surface area contributed by atoms with Crippen LogP contribution in [0.15, 0.2) is 46.9 Å². The Morgan fingerprint density at radius 2 is 2.04 bits per heavy atom. The lowest BCUT2D eigenvalue weighted by Crippen LogP contribution is -2.33. The Bertz CT molecular complexity index is 792. The van der Waals surface area contributed by atoms with Gasteiger partial charge in [0, 0.05) is 11.6 Å². The highest BCUT2D eigenvalue weighted by atomic mass is 16.5. The summed E-state index contributed by atoms with van der Waals surface area (Å²) < 4.78 is 10.4. The van der Waals surface area contributed by atoms with Crippen LogP contribution in [0.3, 0.4) is 0 Å². The SMILES string of the molecule is Cc1ccc(C=CC(=O)Oc2cccc(C(=O)NCC(N)=O)c2)o1. The lowest BCUT2D eigenvalue weighted by molar-refractivity contribution is -0.128. The first kappa shape index (κ1) is 17.0. The third-order valence-electron chi connectivity index (χ3n) is 2.88. The van der Waals surface area contributed by atoms with Gasteiger partial charge in [0.05, 0.1) is 6.54 Å². The lowest BCUT2D eigenvalue weighted by atomic mass is 10.2. The van der Waals surface area contributed by atoms with Crippen LogP contribution in [-0.4, -0.2) is 24.3 Å². The molecule has 0 aliphatic rings. The average Bonchev–Trinajstić information content (AvgIpc) is 2.96. The van der Waals surface area contributed by atoms with E-state index in [2.05, 4.69) is 5.32 Å². The highest BCUT2D eigenvalue weighted by Gasteiger charge is 2.09. The topological polar surface area (TPSA) is 112 Å². The zero-order valence-electron chi connectivity index (χ0n) is 12.9. The van der Waals surface area contributed by atoms with E-state index in [1.54, 1.807) is 25.1 Å². The normalized spacial score (nSPS) is 10.5. The highest BCUT2D eigenvalue weighted by Crippen LogP contribution is 2.14. The minimum absolute atomic E-state index is 0.201. The number of esters is 1. The molecule has 0 saturated carbocycles. The number of furan rings is 1. The van der Waals surface area contributed by atoms with Gasteiger partial charge >= 0.3 is 5.97 Å². The molecule has 24 heavy (non-hydrogen) atoms. The molecule has 0 saturated heterocycles. The van der Waals surface area contributed by atoms with Gasteiger partial charge in [-0.15, -0.1) is 0 Å². The van der Waals surface area contributed by atoms with Crippen molar-refractivity contribution in [2.24, 2.45) is 5.73 Å². The Balaban J connectivity index is 1.98. The fourth-order valence-electron chi connectivity index (χ4n) is 1.81. The van der Waals surface area contributed by atoms with Crippen molar-refractivity contribution in [3.05, 3.63) is 59.6 Å². The van der Waals surface area contributed by atoms with Gasteiger partial charge in [-0.2, -0.15) is 0 Å². The number of rotatable bonds is 6. The van der Waals surface area contributed by atoms with Gasteiger partial charge in [0.1, 0.15) is 17.3 Å². The van der Waals surface area contributed by atoms with E-state index in [9.17, 15) is 14.4 Å². The Morgan fingerprint density at radius 3 is 2.71 bits per heavy atom. The summed E-state index contributed by atoms with van der Waals surface area (Å²) in [7, 11) is 0. The first-order chi connectivity index (χ1) is 11.4. The fraction of sp³-hybridized carbons (Fsp3) is 0.118. The van der Waals surface area contributed by atoms with Crippen LogP contribution in [0.25, 0.3) is 6.08 Å². The van der Waals surface area contributed by atoms with Crippen molar-refractivity contribution in [2.75, 3.05) is 6.54 Å². The fourth-order valence-corrected chi connectivity index (χ4v) is 1.81. The van der Waals surface area contributed by atoms with Gasteiger partial charge < -0.3 is 20.2 Å². The first-order valence-electron chi connectivity index (χ1n) is 7.07. The number of ether oxygens (including phenoxy) is 1. The van der Waals surface area contributed by atoms with E-state index in [1.165, 1.54) is 30.4 Å². The lowest BCUT2D eigenvalue weighted by Gasteiger charge is -2.05. The Kier molecular flexibility index (Phi) is 5.51. The van der Waals surface area contributed by atoms with E-state index in [0.29, 0.717) is 5.76 Å². The predicted octanol–water partition coefficient (Wildman–Crippen LogP) is 1.42. The molecule has 7 nitrogen and oxygen atoms in total. The van der Waals surface area contributed by atoms with Crippen molar-refractivity contribution in [2.45, 2.75) is 6.92 Å². The van der Waals surface area contributed by atoms with Crippen LogP contribution in [0.5, 0.6) is 5.75 Å². The van der Waals surface area contributed by atoms with Crippen LogP contribution in [0.2, 0.25) is 0 Å². The van der Waals surface area contributed by atoms with Crippen molar-refractivity contribution in [1.82, 2.24) is 5.32 Å². The molecule has 7 heteroatoms. The second kappa shape index (κ2) is 7.77. The Labute approximate surface area is 138 Å². The maximum atomic E-state index is 11.8. The van der Waals surface area contributed by atoms with Crippen LogP contribution in [0, 0.1) is 6.92 Å². The van der Waals surface area contributed by atoms with Crippen molar-refractivity contribution >= 4 is 23.9 Å². The molecule has 0 fully saturated rings. The van der Waals surface area contributed by atoms with Crippen LogP contribution in [0.4, 0.5) is 0 Å². The number of nitrogens with one attached hydrogen (secondary N) is 1. The molecule has 0 unspecified atom stereocenters. The molecule has 0 radical (unpaired) electrons. The standard InChI is InChI=1S/C17H16N2O5/c1-11-5-6-13(23-11)7-8-16(21)24-14-4-2-3-12(9-14)17(22)19-10-15(18)20/h2-9H,10H2,1H3,(H2,18,20)(H,19,22). The predicted molar refractivity (Wildman–Crippen MR) is 86.1 cm³/mol. The third-order valence-corrected chi connectivity index (χ3v) is 2.88. The average molecular weight is 328 g/mol. The second-order valence-electron chi connectivity index (χ2n) is 4.88. The van der Waals surface area contributed by atoms with E-state index in [0.717, 1.165) is 5.76 Å².